The third-order valence-corrected chi connectivity index (χ3v) is 4.93. The molecular formula is C23H41BrO2. The number of hydrogen-bond acceptors (Lipinski definition) is 2. The Morgan fingerprint density at radius 2 is 1.38 bits per heavy atom. The fraction of sp³-hybridized carbons (Fsp3) is 0.783. The van der Waals surface area contributed by atoms with Crippen LogP contribution in [0.25, 0.3) is 0 Å². The predicted octanol–water partition coefficient (Wildman–Crippen LogP) is 7.91. The molecule has 0 aliphatic carbocycles. The Morgan fingerprint density at radius 1 is 0.769 bits per heavy atom. The normalized spacial score (nSPS) is 11.6. The largest absolute Gasteiger partial charge is 0.466 e. The number of carbonyl (C=O) groups is 1. The summed E-state index contributed by atoms with van der Waals surface area (Å²) in [5.74, 6) is -0.0338. The number of hydrogen-bond donors (Lipinski definition) is 0. The van der Waals surface area contributed by atoms with Crippen molar-refractivity contribution in [1.82, 2.24) is 0 Å². The van der Waals surface area contributed by atoms with Crippen LogP contribution in [0.3, 0.4) is 0 Å². The highest BCUT2D eigenvalue weighted by atomic mass is 79.9. The van der Waals surface area contributed by atoms with Gasteiger partial charge in [-0.1, -0.05) is 85.7 Å². The summed E-state index contributed by atoms with van der Waals surface area (Å²) < 4.78 is 5.24. The monoisotopic (exact) mass is 428 g/mol. The van der Waals surface area contributed by atoms with E-state index in [0.717, 1.165) is 31.0 Å². The summed E-state index contributed by atoms with van der Waals surface area (Å²) in [6.45, 7) is 2.85. The Balaban J connectivity index is 3.21. The minimum Gasteiger partial charge on any atom is -0.466 e. The van der Waals surface area contributed by atoms with Crippen LogP contribution in [0.2, 0.25) is 0 Å². The molecule has 0 atom stereocenters. The Morgan fingerprint density at radius 3 is 2.04 bits per heavy atom. The summed E-state index contributed by atoms with van der Waals surface area (Å²) >= 11 is 3.37. The molecule has 2 nitrogen and oxygen atoms in total. The number of alkyl halides is 1. The number of rotatable bonds is 19. The molecule has 0 amide bonds. The average molecular weight is 429 g/mol. The maximum absolute atomic E-state index is 11.4. The van der Waals surface area contributed by atoms with E-state index < -0.39 is 0 Å². The van der Waals surface area contributed by atoms with Crippen LogP contribution in [0.4, 0.5) is 0 Å². The average Bonchev–Trinajstić information content (AvgIpc) is 2.64. The summed E-state index contributed by atoms with van der Waals surface area (Å²) in [6.07, 6.45) is 26.6. The van der Waals surface area contributed by atoms with Crippen molar-refractivity contribution in [1.29, 1.82) is 0 Å². The van der Waals surface area contributed by atoms with Crippen molar-refractivity contribution < 1.29 is 9.53 Å². The van der Waals surface area contributed by atoms with Gasteiger partial charge in [0.15, 0.2) is 0 Å². The van der Waals surface area contributed by atoms with E-state index in [1.807, 2.05) is 0 Å². The van der Waals surface area contributed by atoms with Crippen LogP contribution in [-0.4, -0.2) is 17.9 Å². The SMILES string of the molecule is CCCCC/C=C\C/C=C\CCCCCCCCOC(=O)CCCCBr. The Hall–Kier alpha value is -0.570. The molecule has 0 fully saturated rings. The highest BCUT2D eigenvalue weighted by molar-refractivity contribution is 9.09. The molecule has 0 aliphatic rings. The van der Waals surface area contributed by atoms with Crippen molar-refractivity contribution in [2.45, 2.75) is 103 Å². The van der Waals surface area contributed by atoms with E-state index in [9.17, 15) is 4.79 Å². The molecule has 152 valence electrons. The van der Waals surface area contributed by atoms with E-state index in [4.69, 9.17) is 4.74 Å². The van der Waals surface area contributed by atoms with Crippen LogP contribution in [0, 0.1) is 0 Å². The zero-order valence-electron chi connectivity index (χ0n) is 17.0. The fourth-order valence-corrected chi connectivity index (χ4v) is 3.11. The fourth-order valence-electron chi connectivity index (χ4n) is 2.71. The topological polar surface area (TPSA) is 26.3 Å². The molecular weight excluding hydrogens is 388 g/mol. The molecule has 0 heterocycles. The molecule has 0 saturated carbocycles. The molecule has 0 aromatic heterocycles. The number of carbonyl (C=O) groups excluding carboxylic acids is 1. The summed E-state index contributed by atoms with van der Waals surface area (Å²) in [4.78, 5) is 11.4. The lowest BCUT2D eigenvalue weighted by Gasteiger charge is -2.04. The summed E-state index contributed by atoms with van der Waals surface area (Å²) in [5.41, 5.74) is 0. The summed E-state index contributed by atoms with van der Waals surface area (Å²) in [7, 11) is 0. The number of esters is 1. The van der Waals surface area contributed by atoms with Gasteiger partial charge in [-0.3, -0.25) is 4.79 Å². The molecule has 0 bridgehead atoms. The zero-order valence-corrected chi connectivity index (χ0v) is 18.6. The molecule has 0 N–H and O–H groups in total. The number of halogens is 1. The highest BCUT2D eigenvalue weighted by Crippen LogP contribution is 2.09. The second-order valence-corrected chi connectivity index (χ2v) is 7.74. The van der Waals surface area contributed by atoms with Crippen LogP contribution in [0.15, 0.2) is 24.3 Å². The quantitative estimate of drug-likeness (QED) is 0.0902. The van der Waals surface area contributed by atoms with Crippen LogP contribution in [-0.2, 0) is 9.53 Å². The van der Waals surface area contributed by atoms with Gasteiger partial charge in [0.25, 0.3) is 0 Å². The van der Waals surface area contributed by atoms with Gasteiger partial charge in [0.05, 0.1) is 6.61 Å². The first kappa shape index (κ1) is 25.4. The molecule has 0 aromatic carbocycles. The molecule has 0 spiro atoms. The van der Waals surface area contributed by atoms with Gasteiger partial charge in [0, 0.05) is 11.8 Å². The first-order valence-electron chi connectivity index (χ1n) is 10.8. The van der Waals surface area contributed by atoms with Crippen molar-refractivity contribution >= 4 is 21.9 Å². The summed E-state index contributed by atoms with van der Waals surface area (Å²) in [5, 5.41) is 0.965. The first-order valence-corrected chi connectivity index (χ1v) is 11.9. The summed E-state index contributed by atoms with van der Waals surface area (Å²) in [6, 6.07) is 0. The molecule has 26 heavy (non-hydrogen) atoms. The zero-order chi connectivity index (χ0) is 19.1. The van der Waals surface area contributed by atoms with E-state index in [-0.39, 0.29) is 5.97 Å². The second-order valence-electron chi connectivity index (χ2n) is 6.95. The van der Waals surface area contributed by atoms with Gasteiger partial charge >= 0.3 is 5.97 Å². The molecule has 0 aromatic rings. The Bertz CT molecular complexity index is 350. The molecule has 0 saturated heterocycles. The number of allylic oxidation sites excluding steroid dienone is 4. The standard InChI is InChI=1S/C23H41BrO2/c1-2-3-4-5-6-7-8-9-10-11-12-13-14-15-16-19-22-26-23(25)20-17-18-21-24/h6-7,9-10H,2-5,8,11-22H2,1H3/b7-6-,10-9-. The Kier molecular flexibility index (Phi) is 22.0. The van der Waals surface area contributed by atoms with E-state index in [1.165, 1.54) is 64.2 Å². The minimum absolute atomic E-state index is 0.0338. The van der Waals surface area contributed by atoms with Crippen LogP contribution in [0.5, 0.6) is 0 Å². The van der Waals surface area contributed by atoms with Crippen molar-refractivity contribution in [2.24, 2.45) is 0 Å². The third kappa shape index (κ3) is 21.5. The van der Waals surface area contributed by atoms with Gasteiger partial charge in [0.1, 0.15) is 0 Å². The molecule has 3 heteroatoms. The van der Waals surface area contributed by atoms with Gasteiger partial charge in [0.2, 0.25) is 0 Å². The van der Waals surface area contributed by atoms with Gasteiger partial charge < -0.3 is 4.74 Å². The van der Waals surface area contributed by atoms with Gasteiger partial charge in [-0.15, -0.1) is 0 Å². The smallest absolute Gasteiger partial charge is 0.305 e. The van der Waals surface area contributed by atoms with E-state index in [2.05, 4.69) is 47.2 Å². The molecule has 0 aliphatic heterocycles. The minimum atomic E-state index is -0.0338. The van der Waals surface area contributed by atoms with Gasteiger partial charge in [-0.25, -0.2) is 0 Å². The third-order valence-electron chi connectivity index (χ3n) is 4.37. The maximum atomic E-state index is 11.4. The van der Waals surface area contributed by atoms with E-state index in [0.29, 0.717) is 13.0 Å². The molecule has 0 radical (unpaired) electrons. The van der Waals surface area contributed by atoms with E-state index in [1.54, 1.807) is 0 Å². The molecule has 0 unspecified atom stereocenters. The van der Waals surface area contributed by atoms with Gasteiger partial charge in [-0.05, 0) is 51.4 Å². The maximum Gasteiger partial charge on any atom is 0.305 e. The van der Waals surface area contributed by atoms with Gasteiger partial charge in [-0.2, -0.15) is 0 Å². The van der Waals surface area contributed by atoms with Crippen LogP contribution in [0.1, 0.15) is 103 Å². The number of ether oxygens (including phenoxy) is 1. The lowest BCUT2D eigenvalue weighted by Crippen LogP contribution is -2.05. The van der Waals surface area contributed by atoms with Crippen LogP contribution < -0.4 is 0 Å². The van der Waals surface area contributed by atoms with Crippen molar-refractivity contribution in [3.63, 3.8) is 0 Å². The molecule has 0 rings (SSSR count). The number of unbranched alkanes of at least 4 members (excludes halogenated alkanes) is 10. The second kappa shape index (κ2) is 22.5. The van der Waals surface area contributed by atoms with E-state index >= 15 is 0 Å². The predicted molar refractivity (Wildman–Crippen MR) is 118 cm³/mol. The first-order chi connectivity index (χ1) is 12.8. The van der Waals surface area contributed by atoms with Crippen molar-refractivity contribution in [3.05, 3.63) is 24.3 Å². The highest BCUT2D eigenvalue weighted by Gasteiger charge is 2.01. The lowest BCUT2D eigenvalue weighted by atomic mass is 10.1. The van der Waals surface area contributed by atoms with Crippen molar-refractivity contribution in [2.75, 3.05) is 11.9 Å². The Labute approximate surface area is 171 Å². The van der Waals surface area contributed by atoms with Crippen LogP contribution >= 0.6 is 15.9 Å². The lowest BCUT2D eigenvalue weighted by molar-refractivity contribution is -0.143. The van der Waals surface area contributed by atoms with Crippen molar-refractivity contribution in [3.8, 4) is 0 Å².